The number of aliphatic hydroxyl groups excluding tert-OH is 1. The number of nitrogens with zero attached hydrogens (tertiary/aromatic N) is 6. The molecule has 0 radical (unpaired) electrons. The van der Waals surface area contributed by atoms with Crippen LogP contribution in [0.1, 0.15) is 48.3 Å². The number of nitrogens with one attached hydrogen (secondary N) is 1. The zero-order valence-electron chi connectivity index (χ0n) is 24.9. The van der Waals surface area contributed by atoms with Crippen molar-refractivity contribution >= 4 is 62.0 Å². The Morgan fingerprint density at radius 1 is 1.32 bits per heavy atom. The molecule has 0 saturated carbocycles. The monoisotopic (exact) mass is 721 g/mol. The number of carbonyl (C=O) groups excluding carboxylic acids is 1. The fourth-order valence-corrected chi connectivity index (χ4v) is 6.89. The molecule has 5 N–H and O–H groups in total. The lowest BCUT2D eigenvalue weighted by Crippen LogP contribution is -2.34. The number of hydrogen-bond acceptors (Lipinski definition) is 14. The van der Waals surface area contributed by atoms with Crippen LogP contribution in [0, 0.1) is 0 Å². The highest BCUT2D eigenvalue weighted by molar-refractivity contribution is 8.06. The Bertz CT molecular complexity index is 1690. The molecule has 258 valence electrons. The molecule has 2 aliphatic rings. The summed E-state index contributed by atoms with van der Waals surface area (Å²) in [7, 11) is -4.90. The second-order valence-electron chi connectivity index (χ2n) is 10.7. The second kappa shape index (κ2) is 14.9. The summed E-state index contributed by atoms with van der Waals surface area (Å²) in [5.41, 5.74) is 1.31. The highest BCUT2D eigenvalue weighted by atomic mass is 32.5. The first-order valence-electron chi connectivity index (χ1n) is 14.3. The number of hydrogen-bond donors (Lipinski definition) is 5. The van der Waals surface area contributed by atoms with Gasteiger partial charge in [0, 0.05) is 19.2 Å². The molecule has 0 aliphatic carbocycles. The Hall–Kier alpha value is -2.58. The van der Waals surface area contributed by atoms with Crippen molar-refractivity contribution in [2.24, 2.45) is 4.99 Å². The third-order valence-electron chi connectivity index (χ3n) is 7.43. The largest absolute Gasteiger partial charge is 0.472 e. The van der Waals surface area contributed by atoms with E-state index in [1.807, 2.05) is 0 Å². The average molecular weight is 722 g/mol. The van der Waals surface area contributed by atoms with Gasteiger partial charge in [-0.1, -0.05) is 0 Å². The molecule has 0 aromatic carbocycles. The molecular weight excluding hydrogens is 687 g/mol. The van der Waals surface area contributed by atoms with E-state index in [0.717, 1.165) is 41.2 Å². The van der Waals surface area contributed by atoms with Crippen LogP contribution in [0.3, 0.4) is 0 Å². The molecule has 0 spiro atoms. The number of phosphoric ester groups is 1. The van der Waals surface area contributed by atoms with Crippen molar-refractivity contribution in [3.05, 3.63) is 30.1 Å². The smallest absolute Gasteiger partial charge is 0.394 e. The fourth-order valence-electron chi connectivity index (χ4n) is 5.40. The average Bonchev–Trinajstić information content (AvgIpc) is 3.67. The number of carbonyl (C=O) groups is 1. The topological polar surface area (TPSA) is 234 Å². The van der Waals surface area contributed by atoms with Crippen molar-refractivity contribution in [2.45, 2.75) is 63.1 Å². The van der Waals surface area contributed by atoms with Gasteiger partial charge in [-0.3, -0.25) is 18.4 Å². The van der Waals surface area contributed by atoms with Crippen molar-refractivity contribution in [1.29, 1.82) is 0 Å². The lowest BCUT2D eigenvalue weighted by Gasteiger charge is -2.30. The maximum Gasteiger partial charge on any atom is 0.472 e. The van der Waals surface area contributed by atoms with Gasteiger partial charge in [-0.2, -0.15) is 0 Å². The number of aliphatic imine (C=N–C) groups is 1. The van der Waals surface area contributed by atoms with Crippen molar-refractivity contribution in [3.8, 4) is 0 Å². The predicted octanol–water partition coefficient (Wildman–Crippen LogP) is 2.08. The van der Waals surface area contributed by atoms with E-state index >= 15 is 4.39 Å². The first kappa shape index (κ1) is 35.7. The van der Waals surface area contributed by atoms with Crippen LogP contribution >= 0.6 is 14.5 Å². The quantitative estimate of drug-likeness (QED) is 0.0809. The van der Waals surface area contributed by atoms with E-state index in [-0.39, 0.29) is 17.9 Å². The lowest BCUT2D eigenvalue weighted by atomic mass is 10.1. The number of aldehydes is 1. The Balaban J connectivity index is 1.27. The minimum absolute atomic E-state index is 0.0968. The van der Waals surface area contributed by atoms with Gasteiger partial charge in [-0.05, 0) is 43.9 Å². The van der Waals surface area contributed by atoms with E-state index in [9.17, 15) is 29.1 Å². The summed E-state index contributed by atoms with van der Waals surface area (Å²) >= 11 is 4.43. The van der Waals surface area contributed by atoms with Crippen LogP contribution in [0.25, 0.3) is 11.0 Å². The SMILES string of the molecule is C=Nc1c(C=O)ncn1[C@H](O[C@@H](CO)COP(O)(O)=S)[C@@H](C)OP(=O)(O)OC[C@@H]1C[C@@H](F)[C@H](n2cc3c4c(ncnc42)NCCC3)O1. The van der Waals surface area contributed by atoms with Gasteiger partial charge in [0.1, 0.15) is 41.9 Å². The Kier molecular flexibility index (Phi) is 11.3. The summed E-state index contributed by atoms with van der Waals surface area (Å²) in [4.78, 5) is 57.2. The molecule has 5 heterocycles. The van der Waals surface area contributed by atoms with Gasteiger partial charge in [0.05, 0.1) is 37.6 Å². The van der Waals surface area contributed by atoms with Crippen LogP contribution in [-0.2, 0) is 45.8 Å². The summed E-state index contributed by atoms with van der Waals surface area (Å²) < 4.78 is 58.2. The summed E-state index contributed by atoms with van der Waals surface area (Å²) in [5, 5.41) is 13.9. The normalized spacial score (nSPS) is 23.1. The van der Waals surface area contributed by atoms with Gasteiger partial charge >= 0.3 is 14.5 Å². The summed E-state index contributed by atoms with van der Waals surface area (Å²) in [6, 6.07) is 0. The minimum atomic E-state index is -4.90. The third-order valence-corrected chi connectivity index (χ3v) is 9.30. The summed E-state index contributed by atoms with van der Waals surface area (Å²) in [6.07, 6.45) is -1.41. The number of alkyl halides is 1. The maximum atomic E-state index is 15.3. The van der Waals surface area contributed by atoms with Gasteiger partial charge in [-0.25, -0.2) is 28.9 Å². The Morgan fingerprint density at radius 3 is 2.81 bits per heavy atom. The van der Waals surface area contributed by atoms with Crippen molar-refractivity contribution in [1.82, 2.24) is 24.1 Å². The van der Waals surface area contributed by atoms with Crippen LogP contribution in [0.5, 0.6) is 0 Å². The van der Waals surface area contributed by atoms with Crippen molar-refractivity contribution in [2.75, 3.05) is 31.7 Å². The first-order chi connectivity index (χ1) is 22.3. The number of ether oxygens (including phenoxy) is 2. The van der Waals surface area contributed by atoms with E-state index < -0.39 is 71.3 Å². The van der Waals surface area contributed by atoms with Crippen molar-refractivity contribution in [3.63, 3.8) is 0 Å². The Morgan fingerprint density at radius 2 is 2.11 bits per heavy atom. The van der Waals surface area contributed by atoms with Crippen LogP contribution < -0.4 is 5.32 Å². The highest BCUT2D eigenvalue weighted by Crippen LogP contribution is 2.48. The van der Waals surface area contributed by atoms with Crippen LogP contribution in [0.4, 0.5) is 16.0 Å². The molecule has 2 aliphatic heterocycles. The summed E-state index contributed by atoms with van der Waals surface area (Å²) in [6.45, 7) is -0.479. The molecule has 1 fully saturated rings. The molecule has 3 aromatic rings. The maximum absolute atomic E-state index is 15.3. The first-order valence-corrected chi connectivity index (χ1v) is 18.4. The number of phosphoric acid groups is 1. The van der Waals surface area contributed by atoms with Crippen LogP contribution in [0.2, 0.25) is 0 Å². The number of aromatic nitrogens is 5. The molecule has 18 nitrogen and oxygen atoms in total. The van der Waals surface area contributed by atoms with E-state index in [2.05, 4.69) is 43.8 Å². The van der Waals surface area contributed by atoms with Crippen molar-refractivity contribution < 1.29 is 56.6 Å². The fraction of sp³-hybridized carbons (Fsp3) is 0.560. The minimum Gasteiger partial charge on any atom is -0.394 e. The Labute approximate surface area is 272 Å². The second-order valence-corrected chi connectivity index (χ2v) is 14.8. The number of imidazole rings is 1. The van der Waals surface area contributed by atoms with E-state index in [1.54, 1.807) is 10.8 Å². The van der Waals surface area contributed by atoms with Crippen LogP contribution in [-0.4, -0.2) is 108 Å². The van der Waals surface area contributed by atoms with E-state index in [0.29, 0.717) is 17.8 Å². The number of rotatable bonds is 16. The number of aryl methyl sites for hydroxylation is 1. The number of halogens is 1. The molecule has 0 bridgehead atoms. The standard InChI is InChI=1S/C25H34FN7O11P2S/c1-14(24(33-13-31-19(9-35)22(33)27-2)43-17(8-34)11-41-46(38,39)47)44-45(36,37)40-10-16-6-18(26)25(42-16)32-7-15-4-3-5-28-21-20(15)23(32)30-12-29-21/h7,9,12-14,16-18,24-25,34H,2-6,8,10-11H2,1H3,(H,36,37)(H,28,29,30)(H2,38,39,47)/t14-,16+,17+,18-,24-,25-/m1/s1. The van der Waals surface area contributed by atoms with Gasteiger partial charge < -0.3 is 43.7 Å². The molecule has 47 heavy (non-hydrogen) atoms. The van der Waals surface area contributed by atoms with Crippen LogP contribution in [0.15, 0.2) is 23.8 Å². The van der Waals surface area contributed by atoms with Gasteiger partial charge in [-0.15, -0.1) is 0 Å². The molecule has 3 aromatic heterocycles. The highest BCUT2D eigenvalue weighted by Gasteiger charge is 2.41. The zero-order valence-corrected chi connectivity index (χ0v) is 27.5. The third kappa shape index (κ3) is 8.36. The van der Waals surface area contributed by atoms with E-state index in [4.69, 9.17) is 23.0 Å². The molecule has 1 unspecified atom stereocenters. The molecular formula is C25H34FN7O11P2S. The van der Waals surface area contributed by atoms with E-state index in [1.165, 1.54) is 13.3 Å². The van der Waals surface area contributed by atoms with Gasteiger partial charge in [0.25, 0.3) is 0 Å². The zero-order chi connectivity index (χ0) is 33.9. The molecule has 22 heteroatoms. The lowest BCUT2D eigenvalue weighted by molar-refractivity contribution is -0.132. The summed E-state index contributed by atoms with van der Waals surface area (Å²) in [5.74, 6) is 0.563. The van der Waals surface area contributed by atoms with Gasteiger partial charge in [0.15, 0.2) is 24.6 Å². The molecule has 1 saturated heterocycles. The molecule has 7 atom stereocenters. The molecule has 0 amide bonds. The number of aliphatic hydroxyl groups is 1. The van der Waals surface area contributed by atoms with Gasteiger partial charge in [0.2, 0.25) is 0 Å². The number of anilines is 1. The predicted molar refractivity (Wildman–Crippen MR) is 167 cm³/mol. The molecule has 5 rings (SSSR count).